The van der Waals surface area contributed by atoms with Crippen molar-refractivity contribution in [2.45, 2.75) is 77.0 Å². The average Bonchev–Trinajstić information content (AvgIpc) is 2.38. The maximum absolute atomic E-state index is 11.8. The molecule has 0 radical (unpaired) electrons. The van der Waals surface area contributed by atoms with Crippen LogP contribution in [0.2, 0.25) is 0 Å². The summed E-state index contributed by atoms with van der Waals surface area (Å²) in [6, 6.07) is 0. The third-order valence-electron chi connectivity index (χ3n) is 3.75. The average molecular weight is 270 g/mol. The Balaban J connectivity index is 2.41. The molecule has 0 aromatic rings. The molecule has 0 saturated carbocycles. The first-order chi connectivity index (χ1) is 9.22. The highest BCUT2D eigenvalue weighted by atomic mass is 16.7. The van der Waals surface area contributed by atoms with E-state index in [1.165, 1.54) is 32.1 Å². The maximum atomic E-state index is 11.8. The summed E-state index contributed by atoms with van der Waals surface area (Å²) in [4.78, 5) is 22.6. The van der Waals surface area contributed by atoms with Crippen molar-refractivity contribution in [3.8, 4) is 0 Å². The van der Waals surface area contributed by atoms with Gasteiger partial charge in [0.1, 0.15) is 0 Å². The van der Waals surface area contributed by atoms with Crippen molar-refractivity contribution in [3.63, 3.8) is 0 Å². The van der Waals surface area contributed by atoms with Gasteiger partial charge in [-0.05, 0) is 12.8 Å². The predicted molar refractivity (Wildman–Crippen MR) is 74.1 cm³/mol. The van der Waals surface area contributed by atoms with Gasteiger partial charge < -0.3 is 0 Å². The van der Waals surface area contributed by atoms with Crippen molar-refractivity contribution in [3.05, 3.63) is 10.1 Å². The first-order valence-electron chi connectivity index (χ1n) is 7.66. The minimum atomic E-state index is -0.541. The van der Waals surface area contributed by atoms with Gasteiger partial charge in [-0.3, -0.25) is 4.79 Å². The van der Waals surface area contributed by atoms with Crippen molar-refractivity contribution in [2.75, 3.05) is 6.54 Å². The molecule has 1 aliphatic heterocycles. The third-order valence-corrected chi connectivity index (χ3v) is 3.75. The van der Waals surface area contributed by atoms with Gasteiger partial charge in [0.2, 0.25) is 0 Å². The lowest BCUT2D eigenvalue weighted by molar-refractivity contribution is -0.634. The summed E-state index contributed by atoms with van der Waals surface area (Å²) in [7, 11) is 0. The molecular formula is C14H26N2O3. The molecular weight excluding hydrogens is 244 g/mol. The van der Waals surface area contributed by atoms with Crippen molar-refractivity contribution >= 4 is 5.91 Å². The molecule has 0 aromatic carbocycles. The number of hydrogen-bond donors (Lipinski definition) is 0. The normalized spacial score (nSPS) is 21.5. The Morgan fingerprint density at radius 1 is 0.789 bits per heavy atom. The Bertz CT molecular complexity index is 282. The molecule has 19 heavy (non-hydrogen) atoms. The number of carbonyl (C=O) groups excluding carboxylic acids is 1. The number of nitro groups is 1. The molecule has 1 rings (SSSR count). The Hall–Kier alpha value is -1.13. The lowest BCUT2D eigenvalue weighted by atomic mass is 10.1. The molecule has 110 valence electrons. The van der Waals surface area contributed by atoms with Gasteiger partial charge in [-0.25, -0.2) is 10.1 Å². The van der Waals surface area contributed by atoms with Crippen LogP contribution in [0.3, 0.4) is 0 Å². The van der Waals surface area contributed by atoms with E-state index >= 15 is 0 Å². The molecule has 0 unspecified atom stereocenters. The molecule has 0 N–H and O–H groups in total. The Labute approximate surface area is 115 Å². The predicted octanol–water partition coefficient (Wildman–Crippen LogP) is 3.70. The monoisotopic (exact) mass is 270 g/mol. The van der Waals surface area contributed by atoms with Crippen LogP contribution in [0.1, 0.15) is 77.0 Å². The highest BCUT2D eigenvalue weighted by Gasteiger charge is 2.22. The molecule has 0 aliphatic carbocycles. The molecule has 0 atom stereocenters. The number of rotatable bonds is 1. The molecule has 1 saturated heterocycles. The Morgan fingerprint density at radius 2 is 1.21 bits per heavy atom. The lowest BCUT2D eigenvalue weighted by Gasteiger charge is -2.12. The summed E-state index contributed by atoms with van der Waals surface area (Å²) in [5, 5.41) is 11.1. The van der Waals surface area contributed by atoms with Gasteiger partial charge in [-0.15, -0.1) is 0 Å². The maximum Gasteiger partial charge on any atom is 0.283 e. The van der Waals surface area contributed by atoms with Crippen LogP contribution >= 0.6 is 0 Å². The fourth-order valence-corrected chi connectivity index (χ4v) is 2.56. The second-order valence-corrected chi connectivity index (χ2v) is 5.39. The first-order valence-corrected chi connectivity index (χ1v) is 7.66. The van der Waals surface area contributed by atoms with Gasteiger partial charge in [0, 0.05) is 6.42 Å². The summed E-state index contributed by atoms with van der Waals surface area (Å²) in [5.41, 5.74) is 0. The molecule has 1 heterocycles. The standard InChI is InChI=1S/C14H26N2O3/c17-14-12-10-8-6-4-2-1-3-5-7-9-11-13-15(14)16(18)19/h1-13H2. The summed E-state index contributed by atoms with van der Waals surface area (Å²) in [5.74, 6) is -0.320. The van der Waals surface area contributed by atoms with Crippen LogP contribution in [-0.4, -0.2) is 22.5 Å². The van der Waals surface area contributed by atoms with Crippen molar-refractivity contribution in [1.29, 1.82) is 0 Å². The van der Waals surface area contributed by atoms with E-state index in [0.717, 1.165) is 43.5 Å². The van der Waals surface area contributed by atoms with Crippen LogP contribution in [0.4, 0.5) is 0 Å². The Kier molecular flexibility index (Phi) is 8.18. The van der Waals surface area contributed by atoms with Gasteiger partial charge in [-0.2, -0.15) is 0 Å². The fourth-order valence-electron chi connectivity index (χ4n) is 2.56. The van der Waals surface area contributed by atoms with Crippen LogP contribution in [0.15, 0.2) is 0 Å². The molecule has 5 heteroatoms. The zero-order valence-electron chi connectivity index (χ0n) is 11.8. The zero-order chi connectivity index (χ0) is 13.9. The highest BCUT2D eigenvalue weighted by Crippen LogP contribution is 2.14. The summed E-state index contributed by atoms with van der Waals surface area (Å²) >= 11 is 0. The van der Waals surface area contributed by atoms with Crippen LogP contribution < -0.4 is 0 Å². The third kappa shape index (κ3) is 7.13. The van der Waals surface area contributed by atoms with Crippen LogP contribution in [0.25, 0.3) is 0 Å². The molecule has 0 spiro atoms. The van der Waals surface area contributed by atoms with E-state index in [1.807, 2.05) is 0 Å². The highest BCUT2D eigenvalue weighted by molar-refractivity contribution is 5.74. The second-order valence-electron chi connectivity index (χ2n) is 5.39. The van der Waals surface area contributed by atoms with E-state index in [9.17, 15) is 14.9 Å². The van der Waals surface area contributed by atoms with E-state index in [1.54, 1.807) is 0 Å². The van der Waals surface area contributed by atoms with Gasteiger partial charge in [-0.1, -0.05) is 62.8 Å². The lowest BCUT2D eigenvalue weighted by Crippen LogP contribution is -2.36. The van der Waals surface area contributed by atoms with Crippen LogP contribution in [0, 0.1) is 10.1 Å². The summed E-state index contributed by atoms with van der Waals surface area (Å²) in [6.07, 6.45) is 12.4. The topological polar surface area (TPSA) is 63.5 Å². The van der Waals surface area contributed by atoms with E-state index in [-0.39, 0.29) is 12.5 Å². The summed E-state index contributed by atoms with van der Waals surface area (Å²) in [6.45, 7) is 0.270. The van der Waals surface area contributed by atoms with Gasteiger partial charge in [0.05, 0.1) is 6.54 Å². The van der Waals surface area contributed by atoms with E-state index < -0.39 is 5.03 Å². The quantitative estimate of drug-likeness (QED) is 0.539. The van der Waals surface area contributed by atoms with Gasteiger partial charge in [0.15, 0.2) is 5.03 Å². The van der Waals surface area contributed by atoms with Crippen LogP contribution in [-0.2, 0) is 4.79 Å². The number of nitrogens with zero attached hydrogens (tertiary/aromatic N) is 2. The van der Waals surface area contributed by atoms with Crippen molar-refractivity contribution in [2.24, 2.45) is 0 Å². The minimum absolute atomic E-state index is 0.270. The fraction of sp³-hybridized carbons (Fsp3) is 0.929. The molecule has 5 nitrogen and oxygen atoms in total. The molecule has 1 aliphatic rings. The molecule has 0 aromatic heterocycles. The number of amides is 1. The zero-order valence-corrected chi connectivity index (χ0v) is 11.8. The van der Waals surface area contributed by atoms with Crippen molar-refractivity contribution < 1.29 is 9.83 Å². The smallest absolute Gasteiger partial charge is 0.269 e. The number of hydrazine groups is 1. The van der Waals surface area contributed by atoms with E-state index in [0.29, 0.717) is 6.42 Å². The van der Waals surface area contributed by atoms with Gasteiger partial charge in [0.25, 0.3) is 5.91 Å². The number of hydrogen-bond acceptors (Lipinski definition) is 3. The van der Waals surface area contributed by atoms with E-state index in [2.05, 4.69) is 0 Å². The largest absolute Gasteiger partial charge is 0.283 e. The van der Waals surface area contributed by atoms with E-state index in [4.69, 9.17) is 0 Å². The van der Waals surface area contributed by atoms with Crippen LogP contribution in [0.5, 0.6) is 0 Å². The summed E-state index contributed by atoms with van der Waals surface area (Å²) < 4.78 is 0. The van der Waals surface area contributed by atoms with Crippen molar-refractivity contribution in [1.82, 2.24) is 5.01 Å². The van der Waals surface area contributed by atoms with Gasteiger partial charge >= 0.3 is 0 Å². The number of carbonyl (C=O) groups is 1. The first kappa shape index (κ1) is 15.9. The SMILES string of the molecule is O=C1CCCCCCCCCCCCCN1[N+](=O)[O-]. The molecule has 0 bridgehead atoms. The molecule has 1 amide bonds. The molecule has 1 fully saturated rings. The minimum Gasteiger partial charge on any atom is -0.269 e. The Morgan fingerprint density at radius 3 is 1.68 bits per heavy atom. The second kappa shape index (κ2) is 9.75.